The van der Waals surface area contributed by atoms with Gasteiger partial charge in [0.1, 0.15) is 5.82 Å². The molecule has 0 fully saturated rings. The lowest BCUT2D eigenvalue weighted by molar-refractivity contribution is 0.623. The minimum Gasteiger partial charge on any atom is -0.361 e. The van der Waals surface area contributed by atoms with E-state index >= 15 is 0 Å². The lowest BCUT2D eigenvalue weighted by Crippen LogP contribution is -1.76. The summed E-state index contributed by atoms with van der Waals surface area (Å²) in [6.07, 6.45) is 1.79. The van der Waals surface area contributed by atoms with Crippen LogP contribution in [0.5, 0.6) is 0 Å². The van der Waals surface area contributed by atoms with Crippen molar-refractivity contribution >= 4 is 26.8 Å². The van der Waals surface area contributed by atoms with Gasteiger partial charge < -0.3 is 4.98 Å². The van der Waals surface area contributed by atoms with Crippen LogP contribution in [-0.2, 0) is 0 Å². The number of aromatic nitrogens is 1. The number of hydrogen-bond donors (Lipinski definition) is 1. The van der Waals surface area contributed by atoms with Crippen LogP contribution in [0.4, 0.5) is 4.39 Å². The third kappa shape index (κ3) is 0.959. The maximum atomic E-state index is 12.9. The van der Waals surface area contributed by atoms with Gasteiger partial charge in [0.25, 0.3) is 0 Å². The zero-order chi connectivity index (χ0) is 7.84. The number of hydrogen-bond acceptors (Lipinski definition) is 0. The molecule has 0 aliphatic heterocycles. The van der Waals surface area contributed by atoms with E-state index in [9.17, 15) is 4.39 Å². The van der Waals surface area contributed by atoms with E-state index < -0.39 is 0 Å². The van der Waals surface area contributed by atoms with Crippen LogP contribution in [0.2, 0.25) is 0 Å². The molecule has 0 saturated carbocycles. The first-order valence-electron chi connectivity index (χ1n) is 3.20. The molecule has 0 spiro atoms. The molecule has 1 N–H and O–H groups in total. The van der Waals surface area contributed by atoms with Crippen LogP contribution in [0.15, 0.2) is 28.9 Å². The van der Waals surface area contributed by atoms with Crippen LogP contribution in [-0.4, -0.2) is 4.98 Å². The Balaban J connectivity index is 2.93. The molecule has 2 rings (SSSR count). The molecule has 1 aromatic heterocycles. The Morgan fingerprint density at radius 1 is 1.27 bits per heavy atom. The average molecular weight is 214 g/mol. The first-order valence-corrected chi connectivity index (χ1v) is 3.99. The van der Waals surface area contributed by atoms with Crippen LogP contribution in [0, 0.1) is 5.82 Å². The predicted octanol–water partition coefficient (Wildman–Crippen LogP) is 3.07. The maximum absolute atomic E-state index is 12.9. The highest BCUT2D eigenvalue weighted by atomic mass is 79.9. The lowest BCUT2D eigenvalue weighted by Gasteiger charge is -1.94. The molecule has 3 heteroatoms. The summed E-state index contributed by atoms with van der Waals surface area (Å²) in [5, 5.41) is 0.880. The summed E-state index contributed by atoms with van der Waals surface area (Å²) in [4.78, 5) is 2.99. The van der Waals surface area contributed by atoms with Gasteiger partial charge in [0.15, 0.2) is 0 Å². The third-order valence-electron chi connectivity index (χ3n) is 1.62. The second kappa shape index (κ2) is 2.34. The van der Waals surface area contributed by atoms with Gasteiger partial charge in [0.05, 0.1) is 4.47 Å². The normalized spacial score (nSPS) is 10.7. The molecule has 1 nitrogen and oxygen atoms in total. The summed E-state index contributed by atoms with van der Waals surface area (Å²) >= 11 is 3.16. The molecule has 11 heavy (non-hydrogen) atoms. The van der Waals surface area contributed by atoms with Gasteiger partial charge in [0.2, 0.25) is 0 Å². The van der Waals surface area contributed by atoms with Crippen molar-refractivity contribution in [2.24, 2.45) is 0 Å². The Labute approximate surface area is 71.4 Å². The zero-order valence-corrected chi connectivity index (χ0v) is 7.15. The van der Waals surface area contributed by atoms with Gasteiger partial charge >= 0.3 is 0 Å². The van der Waals surface area contributed by atoms with Gasteiger partial charge in [-0.25, -0.2) is 4.39 Å². The summed E-state index contributed by atoms with van der Waals surface area (Å²) in [7, 11) is 0. The van der Waals surface area contributed by atoms with E-state index in [1.807, 2.05) is 6.07 Å². The Kier molecular flexibility index (Phi) is 1.46. The van der Waals surface area contributed by atoms with Gasteiger partial charge in [-0.2, -0.15) is 0 Å². The molecule has 0 saturated heterocycles. The number of fused-ring (bicyclic) bond motifs is 1. The van der Waals surface area contributed by atoms with E-state index in [1.54, 1.807) is 12.3 Å². The van der Waals surface area contributed by atoms with Crippen LogP contribution in [0.1, 0.15) is 0 Å². The highest BCUT2D eigenvalue weighted by molar-refractivity contribution is 9.10. The monoisotopic (exact) mass is 213 g/mol. The van der Waals surface area contributed by atoms with Crippen LogP contribution in [0.25, 0.3) is 10.9 Å². The van der Waals surface area contributed by atoms with Gasteiger partial charge in [-0.3, -0.25) is 0 Å². The number of nitrogens with one attached hydrogen (secondary N) is 1. The summed E-state index contributed by atoms with van der Waals surface area (Å²) < 4.78 is 13.4. The van der Waals surface area contributed by atoms with Crippen molar-refractivity contribution < 1.29 is 4.39 Å². The summed E-state index contributed by atoms with van der Waals surface area (Å²) in [6, 6.07) is 4.99. The largest absolute Gasteiger partial charge is 0.361 e. The minimum absolute atomic E-state index is 0.225. The quantitative estimate of drug-likeness (QED) is 0.693. The van der Waals surface area contributed by atoms with Crippen molar-refractivity contribution in [3.63, 3.8) is 0 Å². The third-order valence-corrected chi connectivity index (χ3v) is 2.43. The molecular formula is C8H5BrFN. The molecule has 1 aromatic carbocycles. The number of benzene rings is 1. The molecular weight excluding hydrogens is 209 g/mol. The predicted molar refractivity (Wildman–Crippen MR) is 46.0 cm³/mol. The standard InChI is InChI=1S/C8H5BrFN/c9-8-5-3-4-11-7(5)2-1-6(8)10/h1-4,11H. The number of halogens is 2. The molecule has 0 aliphatic carbocycles. The summed E-state index contributed by atoms with van der Waals surface area (Å²) in [5.74, 6) is -0.225. The van der Waals surface area contributed by atoms with Crippen molar-refractivity contribution in [1.29, 1.82) is 0 Å². The summed E-state index contributed by atoms with van der Waals surface area (Å²) in [5.41, 5.74) is 0.943. The fraction of sp³-hybridized carbons (Fsp3) is 0. The second-order valence-corrected chi connectivity index (χ2v) is 3.09. The molecule has 0 amide bonds. The number of rotatable bonds is 0. The Morgan fingerprint density at radius 2 is 2.09 bits per heavy atom. The zero-order valence-electron chi connectivity index (χ0n) is 5.57. The van der Waals surface area contributed by atoms with E-state index in [-0.39, 0.29) is 5.82 Å². The molecule has 0 aliphatic rings. The molecule has 0 atom stereocenters. The fourth-order valence-electron chi connectivity index (χ4n) is 1.07. The topological polar surface area (TPSA) is 15.8 Å². The highest BCUT2D eigenvalue weighted by Gasteiger charge is 2.03. The molecule has 0 radical (unpaired) electrons. The summed E-state index contributed by atoms with van der Waals surface area (Å²) in [6.45, 7) is 0. The van der Waals surface area contributed by atoms with E-state index in [2.05, 4.69) is 20.9 Å². The molecule has 56 valence electrons. The van der Waals surface area contributed by atoms with Crippen LogP contribution < -0.4 is 0 Å². The first-order chi connectivity index (χ1) is 5.29. The van der Waals surface area contributed by atoms with Crippen molar-refractivity contribution in [3.05, 3.63) is 34.7 Å². The number of H-pyrrole nitrogens is 1. The lowest BCUT2D eigenvalue weighted by atomic mass is 10.2. The van der Waals surface area contributed by atoms with Crippen molar-refractivity contribution in [3.8, 4) is 0 Å². The van der Waals surface area contributed by atoms with E-state index in [1.165, 1.54) is 6.07 Å². The van der Waals surface area contributed by atoms with Gasteiger partial charge in [-0.1, -0.05) is 0 Å². The van der Waals surface area contributed by atoms with E-state index in [4.69, 9.17) is 0 Å². The Morgan fingerprint density at radius 3 is 2.91 bits per heavy atom. The molecule has 0 bridgehead atoms. The van der Waals surface area contributed by atoms with Gasteiger partial charge in [0, 0.05) is 17.1 Å². The van der Waals surface area contributed by atoms with Crippen LogP contribution in [0.3, 0.4) is 0 Å². The van der Waals surface area contributed by atoms with E-state index in [0.29, 0.717) is 4.47 Å². The molecule has 1 heterocycles. The van der Waals surface area contributed by atoms with Crippen molar-refractivity contribution in [2.45, 2.75) is 0 Å². The van der Waals surface area contributed by atoms with E-state index in [0.717, 1.165) is 10.9 Å². The highest BCUT2D eigenvalue weighted by Crippen LogP contribution is 2.25. The average Bonchev–Trinajstić information content (AvgIpc) is 2.45. The smallest absolute Gasteiger partial charge is 0.138 e. The van der Waals surface area contributed by atoms with Crippen molar-refractivity contribution in [1.82, 2.24) is 4.98 Å². The maximum Gasteiger partial charge on any atom is 0.138 e. The van der Waals surface area contributed by atoms with Crippen LogP contribution >= 0.6 is 15.9 Å². The van der Waals surface area contributed by atoms with Crippen molar-refractivity contribution in [2.75, 3.05) is 0 Å². The Bertz CT molecular complexity index is 394. The number of aromatic amines is 1. The SMILES string of the molecule is Fc1ccc2[nH]ccc2c1Br. The fourth-order valence-corrected chi connectivity index (χ4v) is 1.55. The second-order valence-electron chi connectivity index (χ2n) is 2.30. The first kappa shape index (κ1) is 6.85. The van der Waals surface area contributed by atoms with Gasteiger partial charge in [-0.15, -0.1) is 0 Å². The minimum atomic E-state index is -0.225. The van der Waals surface area contributed by atoms with Gasteiger partial charge in [-0.05, 0) is 34.1 Å². The Hall–Kier alpha value is -0.830. The molecule has 2 aromatic rings. The molecule has 0 unspecified atom stereocenters.